The number of hydrogen-bond donors (Lipinski definition) is 2. The smallest absolute Gasteiger partial charge is 0.265 e. The van der Waals surface area contributed by atoms with E-state index in [1.807, 2.05) is 18.2 Å². The molecule has 0 aliphatic heterocycles. The molecule has 3 aromatic rings. The number of sulfonamides is 1. The second kappa shape index (κ2) is 10.4. The molecular formula is C23H23ClN2O5S. The maximum Gasteiger partial charge on any atom is 0.265 e. The molecular weight excluding hydrogens is 452 g/mol. The zero-order chi connectivity index (χ0) is 23.1. The number of nitrogens with one attached hydrogen (secondary N) is 2. The van der Waals surface area contributed by atoms with Gasteiger partial charge in [-0.2, -0.15) is 0 Å². The van der Waals surface area contributed by atoms with Gasteiger partial charge in [0.1, 0.15) is 16.4 Å². The summed E-state index contributed by atoms with van der Waals surface area (Å²) in [6.07, 6.45) is 0.661. The number of hydrogen-bond acceptors (Lipinski definition) is 5. The Morgan fingerprint density at radius 3 is 2.28 bits per heavy atom. The molecule has 0 radical (unpaired) electrons. The van der Waals surface area contributed by atoms with Crippen LogP contribution in [0.2, 0.25) is 5.02 Å². The second-order valence-electron chi connectivity index (χ2n) is 6.84. The first-order valence-corrected chi connectivity index (χ1v) is 11.6. The van der Waals surface area contributed by atoms with E-state index in [-0.39, 0.29) is 23.0 Å². The van der Waals surface area contributed by atoms with Crippen LogP contribution >= 0.6 is 11.6 Å². The number of carbonyl (C=O) groups is 1. The molecule has 0 saturated heterocycles. The van der Waals surface area contributed by atoms with Crippen LogP contribution in [0.1, 0.15) is 12.0 Å². The molecule has 9 heteroatoms. The van der Waals surface area contributed by atoms with E-state index in [0.717, 1.165) is 5.56 Å². The quantitative estimate of drug-likeness (QED) is 0.467. The lowest BCUT2D eigenvalue weighted by atomic mass is 10.1. The van der Waals surface area contributed by atoms with E-state index in [9.17, 15) is 13.2 Å². The largest absolute Gasteiger partial charge is 0.497 e. The van der Waals surface area contributed by atoms with Crippen LogP contribution in [-0.2, 0) is 21.2 Å². The Morgan fingerprint density at radius 1 is 0.938 bits per heavy atom. The Hall–Kier alpha value is -3.23. The van der Waals surface area contributed by atoms with Gasteiger partial charge in [0.25, 0.3) is 10.0 Å². The summed E-state index contributed by atoms with van der Waals surface area (Å²) < 4.78 is 38.7. The molecule has 7 nitrogen and oxygen atoms in total. The number of benzene rings is 3. The van der Waals surface area contributed by atoms with Crippen molar-refractivity contribution >= 4 is 38.9 Å². The lowest BCUT2D eigenvalue weighted by Gasteiger charge is -2.14. The highest BCUT2D eigenvalue weighted by Crippen LogP contribution is 2.29. The van der Waals surface area contributed by atoms with Crippen molar-refractivity contribution in [3.63, 3.8) is 0 Å². The molecule has 168 valence electrons. The topological polar surface area (TPSA) is 93.7 Å². The average molecular weight is 475 g/mol. The van der Waals surface area contributed by atoms with Gasteiger partial charge in [0.05, 0.1) is 14.2 Å². The van der Waals surface area contributed by atoms with Crippen LogP contribution < -0.4 is 19.5 Å². The number of amides is 1. The molecule has 0 unspecified atom stereocenters. The molecule has 0 fully saturated rings. The van der Waals surface area contributed by atoms with Gasteiger partial charge in [0, 0.05) is 22.8 Å². The van der Waals surface area contributed by atoms with E-state index in [4.69, 9.17) is 21.1 Å². The summed E-state index contributed by atoms with van der Waals surface area (Å²) in [5.41, 5.74) is 1.57. The predicted octanol–water partition coefficient (Wildman–Crippen LogP) is 4.73. The van der Waals surface area contributed by atoms with Crippen LogP contribution in [0.3, 0.4) is 0 Å². The van der Waals surface area contributed by atoms with E-state index < -0.39 is 10.0 Å². The fourth-order valence-corrected chi connectivity index (χ4v) is 4.49. The highest BCUT2D eigenvalue weighted by Gasteiger charge is 2.21. The molecule has 2 N–H and O–H groups in total. The van der Waals surface area contributed by atoms with Gasteiger partial charge in [0.15, 0.2) is 0 Å². The summed E-state index contributed by atoms with van der Waals surface area (Å²) in [6, 6.07) is 18.2. The van der Waals surface area contributed by atoms with Crippen molar-refractivity contribution in [3.05, 3.63) is 77.3 Å². The average Bonchev–Trinajstić information content (AvgIpc) is 2.79. The number of halogens is 1. The second-order valence-corrected chi connectivity index (χ2v) is 8.90. The molecule has 1 amide bonds. The third-order valence-electron chi connectivity index (χ3n) is 4.66. The van der Waals surface area contributed by atoms with E-state index in [2.05, 4.69) is 10.0 Å². The van der Waals surface area contributed by atoms with Gasteiger partial charge in [-0.3, -0.25) is 9.52 Å². The standard InChI is InChI=1S/C23H23ClN2O5S/c1-30-19-11-8-17(9-12-19)26-32(28,29)22-15-18(10-13-21(22)31-2)25-23(27)14-7-16-5-3-4-6-20(16)24/h3-6,8-13,15,26H,7,14H2,1-2H3,(H,25,27). The van der Waals surface area contributed by atoms with Gasteiger partial charge >= 0.3 is 0 Å². The van der Waals surface area contributed by atoms with Gasteiger partial charge < -0.3 is 14.8 Å². The Kier molecular flexibility index (Phi) is 7.61. The number of aryl methyl sites for hydroxylation is 1. The highest BCUT2D eigenvalue weighted by molar-refractivity contribution is 7.92. The maximum absolute atomic E-state index is 13.0. The van der Waals surface area contributed by atoms with Crippen molar-refractivity contribution in [2.24, 2.45) is 0 Å². The van der Waals surface area contributed by atoms with Crippen LogP contribution in [-0.4, -0.2) is 28.5 Å². The highest BCUT2D eigenvalue weighted by atomic mass is 35.5. The van der Waals surface area contributed by atoms with Crippen LogP contribution in [0, 0.1) is 0 Å². The van der Waals surface area contributed by atoms with Crippen LogP contribution in [0.5, 0.6) is 11.5 Å². The Labute approximate surface area is 192 Å². The van der Waals surface area contributed by atoms with Gasteiger partial charge in [-0.25, -0.2) is 8.42 Å². The Balaban J connectivity index is 1.75. The lowest BCUT2D eigenvalue weighted by molar-refractivity contribution is -0.116. The van der Waals surface area contributed by atoms with Gasteiger partial charge in [0.2, 0.25) is 5.91 Å². The van der Waals surface area contributed by atoms with E-state index in [1.54, 1.807) is 36.4 Å². The first-order chi connectivity index (χ1) is 15.3. The number of ether oxygens (including phenoxy) is 2. The summed E-state index contributed by atoms with van der Waals surface area (Å²) >= 11 is 6.13. The monoisotopic (exact) mass is 474 g/mol. The van der Waals surface area contributed by atoms with Crippen molar-refractivity contribution in [3.8, 4) is 11.5 Å². The molecule has 0 atom stereocenters. The third-order valence-corrected chi connectivity index (χ3v) is 6.43. The van der Waals surface area contributed by atoms with Crippen molar-refractivity contribution in [1.82, 2.24) is 0 Å². The Bertz CT molecular complexity index is 1200. The van der Waals surface area contributed by atoms with E-state index >= 15 is 0 Å². The molecule has 32 heavy (non-hydrogen) atoms. The maximum atomic E-state index is 13.0. The molecule has 0 aromatic heterocycles. The fraction of sp³-hybridized carbons (Fsp3) is 0.174. The van der Waals surface area contributed by atoms with Crippen LogP contribution in [0.25, 0.3) is 0 Å². The minimum absolute atomic E-state index is 0.0975. The minimum atomic E-state index is -3.98. The zero-order valence-corrected chi connectivity index (χ0v) is 19.2. The van der Waals surface area contributed by atoms with E-state index in [1.165, 1.54) is 26.4 Å². The molecule has 3 rings (SSSR count). The lowest BCUT2D eigenvalue weighted by Crippen LogP contribution is -2.16. The number of methoxy groups -OCH3 is 2. The third kappa shape index (κ3) is 5.93. The summed E-state index contributed by atoms with van der Waals surface area (Å²) in [5.74, 6) is 0.494. The summed E-state index contributed by atoms with van der Waals surface area (Å²) in [7, 11) is -1.07. The molecule has 0 saturated carbocycles. The van der Waals surface area contributed by atoms with Crippen molar-refractivity contribution < 1.29 is 22.7 Å². The van der Waals surface area contributed by atoms with Crippen LogP contribution in [0.4, 0.5) is 11.4 Å². The first-order valence-electron chi connectivity index (χ1n) is 9.70. The molecule has 0 spiro atoms. The fourth-order valence-electron chi connectivity index (χ4n) is 3.01. The van der Waals surface area contributed by atoms with Crippen LogP contribution in [0.15, 0.2) is 71.6 Å². The van der Waals surface area contributed by atoms with Crippen molar-refractivity contribution in [1.29, 1.82) is 0 Å². The van der Waals surface area contributed by atoms with Gasteiger partial charge in [-0.15, -0.1) is 0 Å². The van der Waals surface area contributed by atoms with Crippen molar-refractivity contribution in [2.75, 3.05) is 24.3 Å². The number of carbonyl (C=O) groups excluding carboxylic acids is 1. The number of rotatable bonds is 9. The summed E-state index contributed by atoms with van der Waals surface area (Å²) in [4.78, 5) is 12.3. The van der Waals surface area contributed by atoms with Crippen molar-refractivity contribution in [2.45, 2.75) is 17.7 Å². The SMILES string of the molecule is COc1ccc(NS(=O)(=O)c2cc(NC(=O)CCc3ccccc3Cl)ccc2OC)cc1. The predicted molar refractivity (Wildman–Crippen MR) is 125 cm³/mol. The minimum Gasteiger partial charge on any atom is -0.497 e. The first kappa shape index (κ1) is 23.4. The zero-order valence-electron chi connectivity index (χ0n) is 17.6. The molecule has 0 bridgehead atoms. The molecule has 0 heterocycles. The molecule has 0 aliphatic rings. The number of anilines is 2. The molecule has 3 aromatic carbocycles. The normalized spacial score (nSPS) is 11.0. The van der Waals surface area contributed by atoms with E-state index in [0.29, 0.717) is 28.6 Å². The molecule has 0 aliphatic carbocycles. The summed E-state index contributed by atoms with van der Waals surface area (Å²) in [6.45, 7) is 0. The summed E-state index contributed by atoms with van der Waals surface area (Å²) in [5, 5.41) is 3.33. The van der Waals surface area contributed by atoms with Gasteiger partial charge in [-0.05, 0) is 60.5 Å². The van der Waals surface area contributed by atoms with Gasteiger partial charge in [-0.1, -0.05) is 29.8 Å². The Morgan fingerprint density at radius 2 is 1.62 bits per heavy atom.